The number of nitrogens with zero attached hydrogens (tertiary/aromatic N) is 1. The molecule has 0 spiro atoms. The first kappa shape index (κ1) is 12.9. The zero-order valence-electron chi connectivity index (χ0n) is 10.4. The summed E-state index contributed by atoms with van der Waals surface area (Å²) in [4.78, 5) is 2.33. The molecule has 3 nitrogen and oxygen atoms in total. The molecule has 1 heterocycles. The van der Waals surface area contributed by atoms with Crippen molar-refractivity contribution in [1.82, 2.24) is 10.2 Å². The van der Waals surface area contributed by atoms with Crippen LogP contribution in [0.2, 0.25) is 0 Å². The van der Waals surface area contributed by atoms with E-state index in [2.05, 4.69) is 31.1 Å². The molecule has 2 N–H and O–H groups in total. The minimum Gasteiger partial charge on any atom is -0.392 e. The summed E-state index contributed by atoms with van der Waals surface area (Å²) in [5, 5.41) is 13.4. The normalized spacial score (nSPS) is 25.0. The smallest absolute Gasteiger partial charge is 0.0692 e. The van der Waals surface area contributed by atoms with Crippen LogP contribution in [0.3, 0.4) is 0 Å². The van der Waals surface area contributed by atoms with Crippen LogP contribution in [0.15, 0.2) is 0 Å². The van der Waals surface area contributed by atoms with Crippen molar-refractivity contribution in [2.75, 3.05) is 26.7 Å². The summed E-state index contributed by atoms with van der Waals surface area (Å²) >= 11 is 0. The van der Waals surface area contributed by atoms with Crippen molar-refractivity contribution in [3.8, 4) is 0 Å². The first-order chi connectivity index (χ1) is 7.17. The number of hydrogen-bond acceptors (Lipinski definition) is 3. The van der Waals surface area contributed by atoms with Crippen molar-refractivity contribution in [2.45, 2.75) is 45.3 Å². The molecule has 0 aromatic rings. The van der Waals surface area contributed by atoms with E-state index in [0.717, 1.165) is 25.9 Å². The van der Waals surface area contributed by atoms with E-state index in [1.54, 1.807) is 0 Å². The SMILES string of the molecule is CCC(CC)C(O)CNC1CCN(C)C1. The minimum absolute atomic E-state index is 0.175. The maximum absolute atomic E-state index is 9.96. The Hall–Kier alpha value is -0.120. The zero-order valence-corrected chi connectivity index (χ0v) is 10.4. The third-order valence-electron chi connectivity index (χ3n) is 3.60. The fourth-order valence-electron chi connectivity index (χ4n) is 2.39. The summed E-state index contributed by atoms with van der Waals surface area (Å²) in [5.41, 5.74) is 0. The second-order valence-electron chi connectivity index (χ2n) is 4.80. The lowest BCUT2D eigenvalue weighted by molar-refractivity contribution is 0.0985. The Labute approximate surface area is 93.9 Å². The Morgan fingerprint density at radius 3 is 2.53 bits per heavy atom. The Kier molecular flexibility index (Phi) is 5.58. The molecule has 0 bridgehead atoms. The van der Waals surface area contributed by atoms with Gasteiger partial charge in [0.1, 0.15) is 0 Å². The molecule has 0 radical (unpaired) electrons. The van der Waals surface area contributed by atoms with Crippen LogP contribution in [0.1, 0.15) is 33.1 Å². The van der Waals surface area contributed by atoms with Gasteiger partial charge in [-0.25, -0.2) is 0 Å². The highest BCUT2D eigenvalue weighted by Gasteiger charge is 2.21. The summed E-state index contributed by atoms with van der Waals surface area (Å²) in [6.45, 7) is 7.36. The molecule has 3 heteroatoms. The van der Waals surface area contributed by atoms with Gasteiger partial charge in [-0.2, -0.15) is 0 Å². The van der Waals surface area contributed by atoms with Crippen LogP contribution in [0.25, 0.3) is 0 Å². The van der Waals surface area contributed by atoms with E-state index in [0.29, 0.717) is 12.0 Å². The molecule has 0 aromatic heterocycles. The number of aliphatic hydroxyl groups is 1. The quantitative estimate of drug-likeness (QED) is 0.694. The van der Waals surface area contributed by atoms with Crippen LogP contribution in [-0.4, -0.2) is 48.8 Å². The molecular weight excluding hydrogens is 188 g/mol. The number of likely N-dealkylation sites (N-methyl/N-ethyl adjacent to an activating group) is 1. The van der Waals surface area contributed by atoms with Gasteiger partial charge in [-0.3, -0.25) is 0 Å². The van der Waals surface area contributed by atoms with E-state index >= 15 is 0 Å². The van der Waals surface area contributed by atoms with Gasteiger partial charge < -0.3 is 15.3 Å². The molecule has 1 saturated heterocycles. The van der Waals surface area contributed by atoms with E-state index in [4.69, 9.17) is 0 Å². The Morgan fingerprint density at radius 1 is 1.40 bits per heavy atom. The first-order valence-corrected chi connectivity index (χ1v) is 6.27. The number of nitrogens with one attached hydrogen (secondary N) is 1. The van der Waals surface area contributed by atoms with E-state index in [1.807, 2.05) is 0 Å². The van der Waals surface area contributed by atoms with Crippen molar-refractivity contribution in [1.29, 1.82) is 0 Å². The second-order valence-corrected chi connectivity index (χ2v) is 4.80. The van der Waals surface area contributed by atoms with Gasteiger partial charge in [0.25, 0.3) is 0 Å². The molecule has 0 amide bonds. The highest BCUT2D eigenvalue weighted by molar-refractivity contribution is 4.80. The van der Waals surface area contributed by atoms with Crippen molar-refractivity contribution >= 4 is 0 Å². The Morgan fingerprint density at radius 2 is 2.07 bits per heavy atom. The van der Waals surface area contributed by atoms with Crippen LogP contribution < -0.4 is 5.32 Å². The standard InChI is InChI=1S/C12H26N2O/c1-4-10(5-2)12(15)8-13-11-6-7-14(3)9-11/h10-13,15H,4-9H2,1-3H3. The van der Waals surface area contributed by atoms with Crippen molar-refractivity contribution in [3.63, 3.8) is 0 Å². The lowest BCUT2D eigenvalue weighted by Crippen LogP contribution is -2.39. The fraction of sp³-hybridized carbons (Fsp3) is 1.00. The fourth-order valence-corrected chi connectivity index (χ4v) is 2.39. The third kappa shape index (κ3) is 4.09. The minimum atomic E-state index is -0.175. The van der Waals surface area contributed by atoms with Gasteiger partial charge in [0.2, 0.25) is 0 Å². The lowest BCUT2D eigenvalue weighted by Gasteiger charge is -2.22. The van der Waals surface area contributed by atoms with E-state index in [1.165, 1.54) is 13.0 Å². The van der Waals surface area contributed by atoms with Crippen LogP contribution >= 0.6 is 0 Å². The highest BCUT2D eigenvalue weighted by atomic mass is 16.3. The molecule has 1 fully saturated rings. The number of aliphatic hydroxyl groups excluding tert-OH is 1. The van der Waals surface area contributed by atoms with Crippen LogP contribution in [0.4, 0.5) is 0 Å². The monoisotopic (exact) mass is 214 g/mol. The van der Waals surface area contributed by atoms with E-state index < -0.39 is 0 Å². The van der Waals surface area contributed by atoms with Gasteiger partial charge >= 0.3 is 0 Å². The largest absolute Gasteiger partial charge is 0.392 e. The predicted molar refractivity (Wildman–Crippen MR) is 64.0 cm³/mol. The second kappa shape index (κ2) is 6.46. The third-order valence-corrected chi connectivity index (χ3v) is 3.60. The molecule has 1 aliphatic rings. The van der Waals surface area contributed by atoms with Crippen LogP contribution in [-0.2, 0) is 0 Å². The Balaban J connectivity index is 2.18. The summed E-state index contributed by atoms with van der Waals surface area (Å²) in [6.07, 6.45) is 3.19. The number of hydrogen-bond donors (Lipinski definition) is 2. The maximum atomic E-state index is 9.96. The van der Waals surface area contributed by atoms with Crippen LogP contribution in [0, 0.1) is 5.92 Å². The summed E-state index contributed by atoms with van der Waals surface area (Å²) in [6, 6.07) is 0.582. The molecule has 1 aliphatic heterocycles. The van der Waals surface area contributed by atoms with E-state index in [-0.39, 0.29) is 6.10 Å². The van der Waals surface area contributed by atoms with Crippen molar-refractivity contribution < 1.29 is 5.11 Å². The highest BCUT2D eigenvalue weighted by Crippen LogP contribution is 2.13. The summed E-state index contributed by atoms with van der Waals surface area (Å²) < 4.78 is 0. The van der Waals surface area contributed by atoms with Crippen molar-refractivity contribution in [3.05, 3.63) is 0 Å². The first-order valence-electron chi connectivity index (χ1n) is 6.27. The molecule has 0 aliphatic carbocycles. The topological polar surface area (TPSA) is 35.5 Å². The van der Waals surface area contributed by atoms with Crippen molar-refractivity contribution in [2.24, 2.45) is 5.92 Å². The van der Waals surface area contributed by atoms with Gasteiger partial charge in [0.15, 0.2) is 0 Å². The number of rotatable bonds is 6. The van der Waals surface area contributed by atoms with Gasteiger partial charge in [0.05, 0.1) is 6.10 Å². The molecule has 2 unspecified atom stereocenters. The van der Waals surface area contributed by atoms with Gasteiger partial charge in [-0.15, -0.1) is 0 Å². The molecule has 0 saturated carbocycles. The molecule has 90 valence electrons. The maximum Gasteiger partial charge on any atom is 0.0692 e. The number of likely N-dealkylation sites (tertiary alicyclic amines) is 1. The predicted octanol–water partition coefficient (Wildman–Crippen LogP) is 1.08. The summed E-state index contributed by atoms with van der Waals surface area (Å²) in [5.74, 6) is 0.455. The molecule has 2 atom stereocenters. The molecular formula is C12H26N2O. The average Bonchev–Trinajstić information content (AvgIpc) is 2.63. The molecule has 15 heavy (non-hydrogen) atoms. The summed E-state index contributed by atoms with van der Waals surface area (Å²) in [7, 11) is 2.15. The van der Waals surface area contributed by atoms with Gasteiger partial charge in [-0.1, -0.05) is 26.7 Å². The van der Waals surface area contributed by atoms with Gasteiger partial charge in [0, 0.05) is 19.1 Å². The Bertz CT molecular complexity index is 171. The zero-order chi connectivity index (χ0) is 11.3. The molecule has 1 rings (SSSR count). The molecule has 0 aromatic carbocycles. The van der Waals surface area contributed by atoms with Crippen LogP contribution in [0.5, 0.6) is 0 Å². The van der Waals surface area contributed by atoms with E-state index in [9.17, 15) is 5.11 Å². The van der Waals surface area contributed by atoms with Gasteiger partial charge in [-0.05, 0) is 25.9 Å². The lowest BCUT2D eigenvalue weighted by atomic mass is 9.96. The average molecular weight is 214 g/mol.